The molecule has 0 aliphatic heterocycles. The van der Waals surface area contributed by atoms with Crippen LogP contribution in [0, 0.1) is 6.92 Å². The Morgan fingerprint density at radius 1 is 1.23 bits per heavy atom. The molecule has 22 heavy (non-hydrogen) atoms. The van der Waals surface area contributed by atoms with Crippen LogP contribution in [0.3, 0.4) is 0 Å². The highest BCUT2D eigenvalue weighted by Crippen LogP contribution is 2.33. The Bertz CT molecular complexity index is 692. The lowest BCUT2D eigenvalue weighted by atomic mass is 10.2. The van der Waals surface area contributed by atoms with E-state index in [0.29, 0.717) is 17.1 Å². The summed E-state index contributed by atoms with van der Waals surface area (Å²) in [4.78, 5) is 1.21. The van der Waals surface area contributed by atoms with Gasteiger partial charge in [0.25, 0.3) is 0 Å². The molecule has 0 aromatic heterocycles. The molecule has 1 unspecified atom stereocenters. The third-order valence-corrected chi connectivity index (χ3v) is 4.34. The van der Waals surface area contributed by atoms with Gasteiger partial charge in [0, 0.05) is 28.9 Å². The maximum atomic E-state index is 10.7. The van der Waals surface area contributed by atoms with Crippen molar-refractivity contribution < 1.29 is 13.5 Å². The Morgan fingerprint density at radius 2 is 2.00 bits per heavy atom. The van der Waals surface area contributed by atoms with Crippen LogP contribution in [0.25, 0.3) is 0 Å². The molecule has 7 heteroatoms. The van der Waals surface area contributed by atoms with Crippen molar-refractivity contribution in [2.75, 3.05) is 23.3 Å². The van der Waals surface area contributed by atoms with E-state index in [0.717, 1.165) is 11.3 Å². The molecule has 2 aromatic rings. The molecule has 0 heterocycles. The molecule has 1 atom stereocenters. The fourth-order valence-corrected chi connectivity index (χ4v) is 2.92. The summed E-state index contributed by atoms with van der Waals surface area (Å²) in [6, 6.07) is 11.0. The topological polar surface area (TPSA) is 73.4 Å². The molecule has 5 nitrogen and oxygen atoms in total. The summed E-state index contributed by atoms with van der Waals surface area (Å²) >= 11 is -0.658. The molecule has 0 amide bonds. The summed E-state index contributed by atoms with van der Waals surface area (Å²) in [5.74, 6) is 1.36. The van der Waals surface area contributed by atoms with Gasteiger partial charge in [-0.1, -0.05) is 0 Å². The molecular formula is C15H17N2O3S2-. The Morgan fingerprint density at radius 3 is 2.59 bits per heavy atom. The Kier molecular flexibility index (Phi) is 5.70. The molecule has 2 N–H and O–H groups in total. The van der Waals surface area contributed by atoms with Gasteiger partial charge in [0.2, 0.25) is 0 Å². The van der Waals surface area contributed by atoms with E-state index < -0.39 is 11.3 Å². The molecule has 0 saturated carbocycles. The van der Waals surface area contributed by atoms with Crippen molar-refractivity contribution in [2.24, 2.45) is 0 Å². The molecule has 0 spiro atoms. The van der Waals surface area contributed by atoms with Crippen LogP contribution in [-0.4, -0.2) is 22.1 Å². The van der Waals surface area contributed by atoms with Crippen molar-refractivity contribution in [3.8, 4) is 11.5 Å². The summed E-state index contributed by atoms with van der Waals surface area (Å²) in [6.45, 7) is 2.04. The first-order chi connectivity index (χ1) is 10.5. The summed E-state index contributed by atoms with van der Waals surface area (Å²) in [6.07, 6.45) is 2.04. The van der Waals surface area contributed by atoms with Crippen molar-refractivity contribution in [1.82, 2.24) is 0 Å². The zero-order chi connectivity index (χ0) is 16.1. The summed E-state index contributed by atoms with van der Waals surface area (Å²) in [7, 11) is 1.75. The van der Waals surface area contributed by atoms with E-state index in [4.69, 9.17) is 4.74 Å². The molecule has 0 aliphatic rings. The number of hydrogen-bond donors (Lipinski definition) is 2. The van der Waals surface area contributed by atoms with Crippen molar-refractivity contribution >= 4 is 34.4 Å². The fraction of sp³-hybridized carbons (Fsp3) is 0.200. The fourth-order valence-electron chi connectivity index (χ4n) is 2.02. The van der Waals surface area contributed by atoms with Gasteiger partial charge in [0.15, 0.2) is 5.75 Å². The van der Waals surface area contributed by atoms with Crippen molar-refractivity contribution in [3.05, 3.63) is 42.0 Å². The zero-order valence-electron chi connectivity index (χ0n) is 12.5. The second-order valence-corrected chi connectivity index (χ2v) is 6.05. The molecule has 2 aromatic carbocycles. The maximum Gasteiger partial charge on any atom is 0.150 e. The number of ether oxygens (including phenoxy) is 1. The van der Waals surface area contributed by atoms with E-state index in [2.05, 4.69) is 10.0 Å². The van der Waals surface area contributed by atoms with Crippen LogP contribution < -0.4 is 14.8 Å². The maximum absolute atomic E-state index is 10.7. The Hall–Kier alpha value is -1.70. The molecule has 0 radical (unpaired) electrons. The quantitative estimate of drug-likeness (QED) is 0.620. The average molecular weight is 337 g/mol. The van der Waals surface area contributed by atoms with Gasteiger partial charge in [-0.15, -0.1) is 11.8 Å². The van der Waals surface area contributed by atoms with Crippen LogP contribution in [0.5, 0.6) is 11.5 Å². The van der Waals surface area contributed by atoms with Crippen molar-refractivity contribution in [2.45, 2.75) is 11.8 Å². The van der Waals surface area contributed by atoms with E-state index in [1.807, 2.05) is 31.4 Å². The second-order valence-electron chi connectivity index (χ2n) is 4.53. The van der Waals surface area contributed by atoms with E-state index in [-0.39, 0.29) is 0 Å². The van der Waals surface area contributed by atoms with E-state index in [9.17, 15) is 8.76 Å². The van der Waals surface area contributed by atoms with E-state index in [1.54, 1.807) is 37.0 Å². The third-order valence-electron chi connectivity index (χ3n) is 3.04. The molecule has 0 saturated heterocycles. The van der Waals surface area contributed by atoms with Gasteiger partial charge in [-0.3, -0.25) is 4.21 Å². The molecular weight excluding hydrogens is 320 g/mol. The molecule has 0 aliphatic carbocycles. The number of benzene rings is 2. The van der Waals surface area contributed by atoms with Gasteiger partial charge in [0.1, 0.15) is 5.75 Å². The highest BCUT2D eigenvalue weighted by molar-refractivity contribution is 7.98. The predicted molar refractivity (Wildman–Crippen MR) is 91.6 cm³/mol. The number of aryl methyl sites for hydroxylation is 1. The predicted octanol–water partition coefficient (Wildman–Crippen LogP) is 3.76. The highest BCUT2D eigenvalue weighted by atomic mass is 32.2. The number of rotatable bonds is 6. The first-order valence-electron chi connectivity index (χ1n) is 6.53. The number of hydrogen-bond acceptors (Lipinski definition) is 5. The van der Waals surface area contributed by atoms with Crippen molar-refractivity contribution in [3.63, 3.8) is 0 Å². The zero-order valence-corrected chi connectivity index (χ0v) is 14.1. The minimum absolute atomic E-state index is 0.471. The molecule has 0 bridgehead atoms. The number of anilines is 2. The molecule has 2 rings (SSSR count). The minimum Gasteiger partial charge on any atom is -0.755 e. The first kappa shape index (κ1) is 16.7. The Labute approximate surface area is 136 Å². The third kappa shape index (κ3) is 4.16. The normalized spacial score (nSPS) is 11.8. The summed E-state index contributed by atoms with van der Waals surface area (Å²) in [5.41, 5.74) is 2.32. The summed E-state index contributed by atoms with van der Waals surface area (Å²) < 4.78 is 29.6. The Balaban J connectivity index is 2.25. The second kappa shape index (κ2) is 7.53. The van der Waals surface area contributed by atoms with Crippen molar-refractivity contribution in [1.29, 1.82) is 0 Å². The minimum atomic E-state index is -2.35. The van der Waals surface area contributed by atoms with Gasteiger partial charge in [0.05, 0.1) is 5.69 Å². The lowest BCUT2D eigenvalue weighted by molar-refractivity contribution is 0.484. The van der Waals surface area contributed by atoms with Gasteiger partial charge < -0.3 is 19.3 Å². The number of nitrogens with one attached hydrogen (secondary N) is 2. The SMILES string of the molecule is CNc1cc(NS(=O)[O-])ccc1Oc1ccc(SC)c(C)c1. The van der Waals surface area contributed by atoms with E-state index in [1.165, 1.54) is 4.90 Å². The number of thioether (sulfide) groups is 1. The molecule has 118 valence electrons. The van der Waals surface area contributed by atoms with Crippen LogP contribution in [0.2, 0.25) is 0 Å². The van der Waals surface area contributed by atoms with Crippen LogP contribution in [0.1, 0.15) is 5.56 Å². The molecule has 0 fully saturated rings. The lowest BCUT2D eigenvalue weighted by Gasteiger charge is -2.15. The van der Waals surface area contributed by atoms with Crippen LogP contribution in [0.4, 0.5) is 11.4 Å². The largest absolute Gasteiger partial charge is 0.755 e. The summed E-state index contributed by atoms with van der Waals surface area (Å²) in [5, 5.41) is 3.00. The van der Waals surface area contributed by atoms with Gasteiger partial charge in [-0.25, -0.2) is 0 Å². The average Bonchev–Trinajstić information content (AvgIpc) is 2.48. The lowest BCUT2D eigenvalue weighted by Crippen LogP contribution is -2.03. The van der Waals surface area contributed by atoms with Gasteiger partial charge in [-0.05, 0) is 55.1 Å². The van der Waals surface area contributed by atoms with Crippen LogP contribution in [-0.2, 0) is 11.3 Å². The van der Waals surface area contributed by atoms with Crippen LogP contribution >= 0.6 is 11.8 Å². The highest BCUT2D eigenvalue weighted by Gasteiger charge is 2.07. The van der Waals surface area contributed by atoms with Gasteiger partial charge in [-0.2, -0.15) is 0 Å². The van der Waals surface area contributed by atoms with Gasteiger partial charge >= 0.3 is 0 Å². The monoisotopic (exact) mass is 337 g/mol. The standard InChI is InChI=1S/C15H18N2O3S2/c1-10-8-12(5-7-15(10)21-3)20-14-6-4-11(17-22(18)19)9-13(14)16-2/h4-9,16-17H,1-3H3,(H,18,19)/p-1. The first-order valence-corrected chi connectivity index (χ1v) is 8.83. The smallest absolute Gasteiger partial charge is 0.150 e. The van der Waals surface area contributed by atoms with Crippen LogP contribution in [0.15, 0.2) is 41.3 Å². The van der Waals surface area contributed by atoms with E-state index >= 15 is 0 Å².